The average molecular weight is 349 g/mol. The second-order valence-corrected chi connectivity index (χ2v) is 8.98. The Hall–Kier alpha value is -1.82. The van der Waals surface area contributed by atoms with E-state index in [1.54, 1.807) is 6.20 Å². The number of nitrogens with zero attached hydrogens (tertiary/aromatic N) is 2. The van der Waals surface area contributed by atoms with E-state index in [1.165, 1.54) is 39.6 Å². The van der Waals surface area contributed by atoms with Crippen LogP contribution in [-0.2, 0) is 0 Å². The lowest BCUT2D eigenvalue weighted by molar-refractivity contribution is -0.0635. The lowest BCUT2D eigenvalue weighted by Gasteiger charge is -2.59. The molecular formula is C20H26BN4O. The summed E-state index contributed by atoms with van der Waals surface area (Å²) in [6, 6.07) is 2.05. The van der Waals surface area contributed by atoms with Crippen molar-refractivity contribution in [1.29, 1.82) is 0 Å². The first-order valence-corrected chi connectivity index (χ1v) is 9.80. The molecule has 2 aromatic rings. The zero-order valence-corrected chi connectivity index (χ0v) is 15.5. The van der Waals surface area contributed by atoms with Crippen LogP contribution in [-0.4, -0.2) is 35.2 Å². The molecule has 6 heteroatoms. The Labute approximate surface area is 155 Å². The molecule has 1 radical (unpaired) electrons. The molecule has 4 saturated carbocycles. The first kappa shape index (κ1) is 16.4. The topological polar surface area (TPSA) is 73.3 Å². The highest BCUT2D eigenvalue weighted by Gasteiger charge is 2.54. The number of hydrogen-bond donors (Lipinski definition) is 3. The summed E-state index contributed by atoms with van der Waals surface area (Å²) >= 11 is 0. The van der Waals surface area contributed by atoms with Crippen molar-refractivity contribution >= 4 is 29.7 Å². The van der Waals surface area contributed by atoms with Gasteiger partial charge in [-0.2, -0.15) is 5.10 Å². The average Bonchev–Trinajstić information content (AvgIpc) is 3.07. The molecule has 4 bridgehead atoms. The highest BCUT2D eigenvalue weighted by atomic mass is 16.2. The Morgan fingerprint density at radius 1 is 1.35 bits per heavy atom. The molecule has 26 heavy (non-hydrogen) atoms. The molecular weight excluding hydrogens is 323 g/mol. The summed E-state index contributed by atoms with van der Waals surface area (Å²) in [5, 5.41) is 15.7. The molecule has 2 aromatic heterocycles. The van der Waals surface area contributed by atoms with Crippen LogP contribution in [0.25, 0.3) is 11.0 Å². The van der Waals surface area contributed by atoms with Gasteiger partial charge in [-0.3, -0.25) is 0 Å². The molecule has 0 spiro atoms. The Morgan fingerprint density at radius 3 is 2.77 bits per heavy atom. The van der Waals surface area contributed by atoms with Crippen LogP contribution in [0.15, 0.2) is 23.6 Å². The van der Waals surface area contributed by atoms with Crippen LogP contribution < -0.4 is 10.9 Å². The van der Waals surface area contributed by atoms with Gasteiger partial charge in [0.1, 0.15) is 5.65 Å². The van der Waals surface area contributed by atoms with Crippen molar-refractivity contribution in [2.75, 3.05) is 7.05 Å². The number of pyridine rings is 1. The molecule has 135 valence electrons. The van der Waals surface area contributed by atoms with Gasteiger partial charge in [0.25, 0.3) is 0 Å². The molecule has 2 unspecified atom stereocenters. The standard InChI is InChI=1S/C20H26BN4O/c1-20-7-11-5-12(8-20)16(13(6-11)9-20)18(25-22-2)17-14-3-4-23-19(14)24-10-15(17)21-26/h3-4,10-13,16,22,26H,5-9H2,1-2H3,(H,23,24)/b25-18-. The second kappa shape index (κ2) is 5.84. The van der Waals surface area contributed by atoms with Crippen LogP contribution in [0.4, 0.5) is 0 Å². The smallest absolute Gasteiger partial charge is 0.329 e. The third-order valence-corrected chi connectivity index (χ3v) is 7.14. The maximum absolute atomic E-state index is 9.87. The number of hydrogen-bond acceptors (Lipinski definition) is 4. The number of hydrazone groups is 1. The van der Waals surface area contributed by atoms with Crippen LogP contribution in [0, 0.1) is 29.1 Å². The predicted octanol–water partition coefficient (Wildman–Crippen LogP) is 2.19. The number of fused-ring (bicyclic) bond motifs is 1. The maximum Gasteiger partial charge on any atom is 0.329 e. The summed E-state index contributed by atoms with van der Waals surface area (Å²) in [4.78, 5) is 7.64. The van der Waals surface area contributed by atoms with E-state index < -0.39 is 0 Å². The van der Waals surface area contributed by atoms with Gasteiger partial charge in [-0.15, -0.1) is 0 Å². The Morgan fingerprint density at radius 2 is 2.12 bits per heavy atom. The van der Waals surface area contributed by atoms with Gasteiger partial charge in [-0.25, -0.2) is 4.98 Å². The summed E-state index contributed by atoms with van der Waals surface area (Å²) in [7, 11) is 3.05. The number of H-pyrrole nitrogens is 1. The van der Waals surface area contributed by atoms with Crippen LogP contribution in [0.3, 0.4) is 0 Å². The summed E-state index contributed by atoms with van der Waals surface area (Å²) in [6.45, 7) is 2.49. The minimum atomic E-state index is 0.464. The van der Waals surface area contributed by atoms with Crippen molar-refractivity contribution < 1.29 is 5.02 Å². The summed E-state index contributed by atoms with van der Waals surface area (Å²) < 4.78 is 0. The van der Waals surface area contributed by atoms with E-state index in [4.69, 9.17) is 5.10 Å². The number of rotatable bonds is 4. The molecule has 0 saturated heterocycles. The van der Waals surface area contributed by atoms with Crippen LogP contribution in [0.2, 0.25) is 0 Å². The SMILES string of the molecule is CN/N=C(\c1c([B]O)cnc2[nH]ccc12)C1C2CC3CC1CC(C)(C3)C2. The van der Waals surface area contributed by atoms with Crippen molar-refractivity contribution in [3.63, 3.8) is 0 Å². The monoisotopic (exact) mass is 349 g/mol. The van der Waals surface area contributed by atoms with E-state index >= 15 is 0 Å². The molecule has 6 rings (SSSR count). The molecule has 0 aliphatic heterocycles. The zero-order valence-electron chi connectivity index (χ0n) is 15.5. The molecule has 3 N–H and O–H groups in total. The largest absolute Gasteiger partial charge is 0.450 e. The highest BCUT2D eigenvalue weighted by molar-refractivity contribution is 6.49. The Kier molecular flexibility index (Phi) is 3.68. The van der Waals surface area contributed by atoms with E-state index in [1.807, 2.05) is 19.3 Å². The third kappa shape index (κ3) is 2.34. The number of aromatic amines is 1. The molecule has 5 nitrogen and oxygen atoms in total. The van der Waals surface area contributed by atoms with Gasteiger partial charge >= 0.3 is 7.48 Å². The predicted molar refractivity (Wildman–Crippen MR) is 104 cm³/mol. The van der Waals surface area contributed by atoms with Gasteiger partial charge in [-0.05, 0) is 66.8 Å². The van der Waals surface area contributed by atoms with E-state index in [0.717, 1.165) is 33.7 Å². The van der Waals surface area contributed by atoms with Crippen LogP contribution in [0.1, 0.15) is 44.6 Å². The van der Waals surface area contributed by atoms with Gasteiger partial charge in [0.2, 0.25) is 0 Å². The summed E-state index contributed by atoms with van der Waals surface area (Å²) in [5.41, 5.74) is 7.34. The molecule has 2 heterocycles. The van der Waals surface area contributed by atoms with Crippen molar-refractivity contribution in [3.8, 4) is 0 Å². The normalized spacial score (nSPS) is 35.9. The van der Waals surface area contributed by atoms with Gasteiger partial charge in [-0.1, -0.05) is 6.92 Å². The fourth-order valence-corrected chi connectivity index (χ4v) is 6.70. The summed E-state index contributed by atoms with van der Waals surface area (Å²) in [5.74, 6) is 2.77. The molecule has 4 fully saturated rings. The van der Waals surface area contributed by atoms with E-state index in [2.05, 4.69) is 22.3 Å². The Bertz CT molecular complexity index is 860. The van der Waals surface area contributed by atoms with E-state index in [0.29, 0.717) is 23.2 Å². The second-order valence-electron chi connectivity index (χ2n) is 8.98. The van der Waals surface area contributed by atoms with E-state index in [9.17, 15) is 5.02 Å². The van der Waals surface area contributed by atoms with Crippen molar-refractivity contribution in [2.24, 2.45) is 34.2 Å². The fourth-order valence-electron chi connectivity index (χ4n) is 6.70. The molecule has 4 aliphatic carbocycles. The van der Waals surface area contributed by atoms with Gasteiger partial charge in [0.05, 0.1) is 5.71 Å². The maximum atomic E-state index is 9.87. The van der Waals surface area contributed by atoms with Crippen molar-refractivity contribution in [1.82, 2.24) is 15.4 Å². The quantitative estimate of drug-likeness (QED) is 0.450. The molecule has 0 aromatic carbocycles. The first-order valence-electron chi connectivity index (χ1n) is 9.80. The Balaban J connectivity index is 1.65. The molecule has 4 aliphatic rings. The van der Waals surface area contributed by atoms with Gasteiger partial charge in [0.15, 0.2) is 0 Å². The minimum absolute atomic E-state index is 0.464. The third-order valence-electron chi connectivity index (χ3n) is 7.14. The highest BCUT2D eigenvalue weighted by Crippen LogP contribution is 2.62. The minimum Gasteiger partial charge on any atom is -0.450 e. The number of nitrogens with one attached hydrogen (secondary N) is 2. The van der Waals surface area contributed by atoms with E-state index in [-0.39, 0.29) is 0 Å². The fraction of sp³-hybridized carbons (Fsp3) is 0.600. The summed E-state index contributed by atoms with van der Waals surface area (Å²) in [6.07, 6.45) is 10.4. The first-order chi connectivity index (χ1) is 12.6. The van der Waals surface area contributed by atoms with Gasteiger partial charge < -0.3 is 15.4 Å². The van der Waals surface area contributed by atoms with Crippen molar-refractivity contribution in [2.45, 2.75) is 39.0 Å². The van der Waals surface area contributed by atoms with Crippen molar-refractivity contribution in [3.05, 3.63) is 24.0 Å². The zero-order chi connectivity index (χ0) is 17.9. The van der Waals surface area contributed by atoms with Gasteiger partial charge in [0, 0.05) is 36.3 Å². The van der Waals surface area contributed by atoms with Crippen LogP contribution >= 0.6 is 0 Å². The lowest BCUT2D eigenvalue weighted by Crippen LogP contribution is -2.53. The lowest BCUT2D eigenvalue weighted by atomic mass is 9.45. The molecule has 2 atom stereocenters. The molecule has 0 amide bonds. The number of aromatic nitrogens is 2. The van der Waals surface area contributed by atoms with Crippen LogP contribution in [0.5, 0.6) is 0 Å².